The van der Waals surface area contributed by atoms with Crippen LogP contribution < -0.4 is 0 Å². The van der Waals surface area contributed by atoms with Gasteiger partial charge in [-0.1, -0.05) is 12.1 Å². The van der Waals surface area contributed by atoms with E-state index in [2.05, 4.69) is 5.10 Å². The molecule has 4 heteroatoms. The molecule has 1 aliphatic rings. The SMILES string of the molecule is O=Cc1cccc2c1cnn2[C@@H]1CCCCO1. The minimum Gasteiger partial charge on any atom is -0.356 e. The van der Waals surface area contributed by atoms with Crippen molar-refractivity contribution in [2.24, 2.45) is 0 Å². The van der Waals surface area contributed by atoms with Gasteiger partial charge in [0.2, 0.25) is 0 Å². The fourth-order valence-electron chi connectivity index (χ4n) is 2.34. The van der Waals surface area contributed by atoms with E-state index in [0.717, 1.165) is 36.6 Å². The van der Waals surface area contributed by atoms with Crippen molar-refractivity contribution in [2.45, 2.75) is 25.5 Å². The monoisotopic (exact) mass is 230 g/mol. The molecular weight excluding hydrogens is 216 g/mol. The number of nitrogens with zero attached hydrogens (tertiary/aromatic N) is 2. The molecule has 1 aromatic heterocycles. The third-order valence-electron chi connectivity index (χ3n) is 3.23. The molecule has 1 atom stereocenters. The molecule has 1 aliphatic heterocycles. The van der Waals surface area contributed by atoms with Crippen LogP contribution in [0.3, 0.4) is 0 Å². The lowest BCUT2D eigenvalue weighted by molar-refractivity contribution is -0.0366. The molecule has 3 rings (SSSR count). The molecule has 0 saturated carbocycles. The van der Waals surface area contributed by atoms with E-state index in [4.69, 9.17) is 4.74 Å². The third-order valence-corrected chi connectivity index (χ3v) is 3.23. The van der Waals surface area contributed by atoms with Gasteiger partial charge in [0.15, 0.2) is 12.5 Å². The molecule has 17 heavy (non-hydrogen) atoms. The van der Waals surface area contributed by atoms with Crippen LogP contribution in [0.2, 0.25) is 0 Å². The zero-order valence-corrected chi connectivity index (χ0v) is 9.50. The van der Waals surface area contributed by atoms with Gasteiger partial charge in [-0.25, -0.2) is 4.68 Å². The van der Waals surface area contributed by atoms with Crippen molar-refractivity contribution >= 4 is 17.2 Å². The van der Waals surface area contributed by atoms with Crippen molar-refractivity contribution in [3.8, 4) is 0 Å². The number of aldehydes is 1. The average Bonchev–Trinajstić information content (AvgIpc) is 2.83. The van der Waals surface area contributed by atoms with E-state index in [1.54, 1.807) is 6.20 Å². The maximum Gasteiger partial charge on any atom is 0.150 e. The van der Waals surface area contributed by atoms with Gasteiger partial charge in [-0.05, 0) is 25.3 Å². The van der Waals surface area contributed by atoms with Crippen LogP contribution in [0.15, 0.2) is 24.4 Å². The summed E-state index contributed by atoms with van der Waals surface area (Å²) < 4.78 is 7.61. The molecule has 0 bridgehead atoms. The lowest BCUT2D eigenvalue weighted by Crippen LogP contribution is -2.18. The molecule has 0 amide bonds. The fourth-order valence-corrected chi connectivity index (χ4v) is 2.34. The number of ether oxygens (including phenoxy) is 1. The van der Waals surface area contributed by atoms with Gasteiger partial charge in [0.25, 0.3) is 0 Å². The van der Waals surface area contributed by atoms with Crippen LogP contribution in [-0.2, 0) is 4.74 Å². The normalized spacial score (nSPS) is 20.6. The van der Waals surface area contributed by atoms with E-state index in [9.17, 15) is 4.79 Å². The summed E-state index contributed by atoms with van der Waals surface area (Å²) in [6.45, 7) is 0.791. The molecule has 1 fully saturated rings. The number of hydrogen-bond donors (Lipinski definition) is 0. The van der Waals surface area contributed by atoms with Gasteiger partial charge in [0.05, 0.1) is 11.7 Å². The number of benzene rings is 1. The number of rotatable bonds is 2. The van der Waals surface area contributed by atoms with Gasteiger partial charge < -0.3 is 4.74 Å². The fraction of sp³-hybridized carbons (Fsp3) is 0.385. The second kappa shape index (κ2) is 4.30. The van der Waals surface area contributed by atoms with Gasteiger partial charge in [-0.3, -0.25) is 4.79 Å². The predicted octanol–water partition coefficient (Wildman–Crippen LogP) is 2.55. The van der Waals surface area contributed by atoms with E-state index in [0.29, 0.717) is 5.56 Å². The quantitative estimate of drug-likeness (QED) is 0.745. The highest BCUT2D eigenvalue weighted by Crippen LogP contribution is 2.26. The zero-order valence-electron chi connectivity index (χ0n) is 9.50. The summed E-state index contributed by atoms with van der Waals surface area (Å²) in [4.78, 5) is 10.9. The van der Waals surface area contributed by atoms with Gasteiger partial charge in [-0.15, -0.1) is 0 Å². The third kappa shape index (κ3) is 1.74. The topological polar surface area (TPSA) is 44.1 Å². The number of hydrogen-bond acceptors (Lipinski definition) is 3. The van der Waals surface area contributed by atoms with Gasteiger partial charge >= 0.3 is 0 Å². The Morgan fingerprint density at radius 1 is 1.41 bits per heavy atom. The van der Waals surface area contributed by atoms with Gasteiger partial charge in [0, 0.05) is 17.6 Å². The van der Waals surface area contributed by atoms with Crippen LogP contribution in [0.4, 0.5) is 0 Å². The summed E-state index contributed by atoms with van der Waals surface area (Å²) in [6, 6.07) is 5.67. The smallest absolute Gasteiger partial charge is 0.150 e. The van der Waals surface area contributed by atoms with Crippen LogP contribution in [0.1, 0.15) is 35.8 Å². The summed E-state index contributed by atoms with van der Waals surface area (Å²) >= 11 is 0. The second-order valence-electron chi connectivity index (χ2n) is 4.31. The molecule has 0 spiro atoms. The molecule has 0 aliphatic carbocycles. The van der Waals surface area contributed by atoms with Crippen molar-refractivity contribution in [1.82, 2.24) is 9.78 Å². The summed E-state index contributed by atoms with van der Waals surface area (Å²) in [6.07, 6.45) is 5.91. The first kappa shape index (κ1) is 10.5. The molecular formula is C13H14N2O2. The van der Waals surface area contributed by atoms with Crippen molar-refractivity contribution in [3.63, 3.8) is 0 Å². The maximum atomic E-state index is 10.9. The van der Waals surface area contributed by atoms with E-state index in [1.165, 1.54) is 6.42 Å². The molecule has 0 unspecified atom stereocenters. The van der Waals surface area contributed by atoms with Crippen LogP contribution >= 0.6 is 0 Å². The van der Waals surface area contributed by atoms with Crippen molar-refractivity contribution < 1.29 is 9.53 Å². The molecule has 2 aromatic rings. The Kier molecular flexibility index (Phi) is 2.65. The Hall–Kier alpha value is -1.68. The summed E-state index contributed by atoms with van der Waals surface area (Å²) in [7, 11) is 0. The van der Waals surface area contributed by atoms with E-state index < -0.39 is 0 Å². The first-order valence-electron chi connectivity index (χ1n) is 5.93. The molecule has 88 valence electrons. The summed E-state index contributed by atoms with van der Waals surface area (Å²) in [5.41, 5.74) is 1.66. The average molecular weight is 230 g/mol. The number of carbonyl (C=O) groups is 1. The van der Waals surface area contributed by atoms with Crippen molar-refractivity contribution in [1.29, 1.82) is 0 Å². The summed E-state index contributed by atoms with van der Waals surface area (Å²) in [5, 5.41) is 5.26. The minimum atomic E-state index is 0.0168. The van der Waals surface area contributed by atoms with E-state index in [1.807, 2.05) is 22.9 Å². The molecule has 1 saturated heterocycles. The first-order chi connectivity index (χ1) is 8.40. The molecule has 1 aromatic carbocycles. The predicted molar refractivity (Wildman–Crippen MR) is 64.0 cm³/mol. The highest BCUT2D eigenvalue weighted by Gasteiger charge is 2.18. The molecule has 0 radical (unpaired) electrons. The van der Waals surface area contributed by atoms with Crippen LogP contribution in [0, 0.1) is 0 Å². The molecule has 4 nitrogen and oxygen atoms in total. The highest BCUT2D eigenvalue weighted by atomic mass is 16.5. The Labute approximate surface area is 99.2 Å². The zero-order chi connectivity index (χ0) is 11.7. The molecule has 0 N–H and O–H groups in total. The Balaban J connectivity index is 2.08. The van der Waals surface area contributed by atoms with E-state index in [-0.39, 0.29) is 6.23 Å². The summed E-state index contributed by atoms with van der Waals surface area (Å²) in [5.74, 6) is 0. The van der Waals surface area contributed by atoms with Crippen LogP contribution in [0.5, 0.6) is 0 Å². The lowest BCUT2D eigenvalue weighted by Gasteiger charge is -2.23. The lowest BCUT2D eigenvalue weighted by atomic mass is 10.1. The highest BCUT2D eigenvalue weighted by molar-refractivity contribution is 5.96. The van der Waals surface area contributed by atoms with E-state index >= 15 is 0 Å². The van der Waals surface area contributed by atoms with Gasteiger partial charge in [-0.2, -0.15) is 5.10 Å². The number of fused-ring (bicyclic) bond motifs is 1. The van der Waals surface area contributed by atoms with Crippen molar-refractivity contribution in [3.05, 3.63) is 30.0 Å². The van der Waals surface area contributed by atoms with Crippen molar-refractivity contribution in [2.75, 3.05) is 6.61 Å². The Bertz CT molecular complexity index is 541. The first-order valence-corrected chi connectivity index (χ1v) is 5.93. The number of aromatic nitrogens is 2. The standard InChI is InChI=1S/C13H14N2O2/c16-9-10-4-3-5-12-11(10)8-14-15(12)13-6-1-2-7-17-13/h3-5,8-9,13H,1-2,6-7H2/t13-/m0/s1. The Morgan fingerprint density at radius 2 is 2.35 bits per heavy atom. The Morgan fingerprint density at radius 3 is 3.12 bits per heavy atom. The second-order valence-corrected chi connectivity index (χ2v) is 4.31. The van der Waals surface area contributed by atoms with Crippen LogP contribution in [-0.4, -0.2) is 22.7 Å². The van der Waals surface area contributed by atoms with Crippen LogP contribution in [0.25, 0.3) is 10.9 Å². The maximum absolute atomic E-state index is 10.9. The molecule has 2 heterocycles. The van der Waals surface area contributed by atoms with Gasteiger partial charge in [0.1, 0.15) is 0 Å². The minimum absolute atomic E-state index is 0.0168. The number of carbonyl (C=O) groups excluding carboxylic acids is 1. The largest absolute Gasteiger partial charge is 0.356 e.